The molecule has 0 atom stereocenters. The molecule has 0 saturated heterocycles. The van der Waals surface area contributed by atoms with Crippen molar-refractivity contribution in [3.05, 3.63) is 64.7 Å². The van der Waals surface area contributed by atoms with Crippen LogP contribution in [0.5, 0.6) is 0 Å². The summed E-state index contributed by atoms with van der Waals surface area (Å²) in [7, 11) is 0. The Morgan fingerprint density at radius 3 is 2.25 bits per heavy atom. The fourth-order valence-corrected chi connectivity index (χ4v) is 1.77. The van der Waals surface area contributed by atoms with Crippen LogP contribution in [0.25, 0.3) is 0 Å². The zero-order valence-corrected chi connectivity index (χ0v) is 10.3. The number of benzene rings is 2. The highest BCUT2D eigenvalue weighted by Crippen LogP contribution is 2.18. The average Bonchev–Trinajstić information content (AvgIpc) is 2.46. The van der Waals surface area contributed by atoms with Gasteiger partial charge in [-0.2, -0.15) is 10.5 Å². The summed E-state index contributed by atoms with van der Waals surface area (Å²) in [6.07, 6.45) is 0. The van der Waals surface area contributed by atoms with Crippen molar-refractivity contribution < 1.29 is 8.78 Å². The summed E-state index contributed by atoms with van der Waals surface area (Å²) >= 11 is 0. The Bertz CT molecular complexity index is 727. The predicted molar refractivity (Wildman–Crippen MR) is 69.6 cm³/mol. The summed E-state index contributed by atoms with van der Waals surface area (Å²) < 4.78 is 26.2. The van der Waals surface area contributed by atoms with Gasteiger partial charge in [0, 0.05) is 6.54 Å². The molecule has 2 aromatic rings. The molecule has 5 heteroatoms. The second-order valence-corrected chi connectivity index (χ2v) is 4.07. The molecule has 0 spiro atoms. The lowest BCUT2D eigenvalue weighted by Gasteiger charge is -2.09. The number of hydrogen-bond acceptors (Lipinski definition) is 3. The monoisotopic (exact) mass is 269 g/mol. The summed E-state index contributed by atoms with van der Waals surface area (Å²) in [5.41, 5.74) is 1.40. The fraction of sp³-hybridized carbons (Fsp3) is 0.0667. The fourth-order valence-electron chi connectivity index (χ4n) is 1.77. The third-order valence-corrected chi connectivity index (χ3v) is 2.76. The highest BCUT2D eigenvalue weighted by atomic mass is 19.1. The number of nitrogens with zero attached hydrogens (tertiary/aromatic N) is 2. The van der Waals surface area contributed by atoms with Gasteiger partial charge in [0.1, 0.15) is 17.7 Å². The molecule has 0 aliphatic heterocycles. The molecule has 0 amide bonds. The van der Waals surface area contributed by atoms with Crippen molar-refractivity contribution in [3.8, 4) is 12.1 Å². The van der Waals surface area contributed by atoms with Crippen LogP contribution in [-0.2, 0) is 6.54 Å². The first-order chi connectivity index (χ1) is 9.63. The first-order valence-electron chi connectivity index (χ1n) is 5.76. The van der Waals surface area contributed by atoms with Crippen LogP contribution in [0.1, 0.15) is 16.7 Å². The highest BCUT2D eigenvalue weighted by Gasteiger charge is 2.07. The van der Waals surface area contributed by atoms with Crippen molar-refractivity contribution in [1.29, 1.82) is 10.5 Å². The van der Waals surface area contributed by atoms with Gasteiger partial charge < -0.3 is 5.32 Å². The Labute approximate surface area is 114 Å². The van der Waals surface area contributed by atoms with Crippen molar-refractivity contribution in [1.82, 2.24) is 0 Å². The zero-order chi connectivity index (χ0) is 14.5. The molecule has 20 heavy (non-hydrogen) atoms. The van der Waals surface area contributed by atoms with Crippen molar-refractivity contribution >= 4 is 5.69 Å². The van der Waals surface area contributed by atoms with Gasteiger partial charge in [-0.3, -0.25) is 0 Å². The van der Waals surface area contributed by atoms with E-state index < -0.39 is 11.6 Å². The Balaban J connectivity index is 2.24. The SMILES string of the molecule is N#Cc1ccc(F)cc1CNc1ccc(F)cc1C#N. The molecule has 0 aromatic heterocycles. The zero-order valence-electron chi connectivity index (χ0n) is 10.3. The van der Waals surface area contributed by atoms with Crippen LogP contribution in [0, 0.1) is 34.3 Å². The Morgan fingerprint density at radius 1 is 0.900 bits per heavy atom. The molecule has 0 bridgehead atoms. The van der Waals surface area contributed by atoms with Crippen molar-refractivity contribution in [2.24, 2.45) is 0 Å². The third-order valence-electron chi connectivity index (χ3n) is 2.76. The minimum atomic E-state index is -0.504. The summed E-state index contributed by atoms with van der Waals surface area (Å²) in [6, 6.07) is 11.4. The van der Waals surface area contributed by atoms with E-state index in [1.165, 1.54) is 30.3 Å². The molecule has 2 aromatic carbocycles. The van der Waals surface area contributed by atoms with E-state index in [1.807, 2.05) is 12.1 Å². The van der Waals surface area contributed by atoms with E-state index in [2.05, 4.69) is 5.32 Å². The lowest BCUT2D eigenvalue weighted by molar-refractivity contribution is 0.625. The van der Waals surface area contributed by atoms with Gasteiger partial charge in [-0.15, -0.1) is 0 Å². The van der Waals surface area contributed by atoms with Gasteiger partial charge in [-0.25, -0.2) is 8.78 Å². The summed E-state index contributed by atoms with van der Waals surface area (Å²) in [4.78, 5) is 0. The standard InChI is InChI=1S/C15H9F2N3/c16-13-2-1-10(7-18)12(6-13)9-20-15-4-3-14(17)5-11(15)8-19/h1-6,20H,9H2. The molecule has 98 valence electrons. The molecular weight excluding hydrogens is 260 g/mol. The van der Waals surface area contributed by atoms with Crippen LogP contribution in [0.3, 0.4) is 0 Å². The van der Waals surface area contributed by atoms with Crippen LogP contribution in [-0.4, -0.2) is 0 Å². The highest BCUT2D eigenvalue weighted by molar-refractivity contribution is 5.58. The average molecular weight is 269 g/mol. The lowest BCUT2D eigenvalue weighted by Crippen LogP contribution is -2.04. The van der Waals surface area contributed by atoms with E-state index in [-0.39, 0.29) is 12.1 Å². The Hall–Kier alpha value is -2.92. The van der Waals surface area contributed by atoms with Crippen LogP contribution in [0.4, 0.5) is 14.5 Å². The van der Waals surface area contributed by atoms with Crippen molar-refractivity contribution in [2.75, 3.05) is 5.32 Å². The lowest BCUT2D eigenvalue weighted by atomic mass is 10.1. The minimum Gasteiger partial charge on any atom is -0.380 e. The largest absolute Gasteiger partial charge is 0.380 e. The van der Waals surface area contributed by atoms with E-state index in [1.54, 1.807) is 0 Å². The number of anilines is 1. The molecule has 0 radical (unpaired) electrons. The van der Waals surface area contributed by atoms with Crippen LogP contribution in [0.2, 0.25) is 0 Å². The topological polar surface area (TPSA) is 59.6 Å². The molecule has 0 aliphatic rings. The quantitative estimate of drug-likeness (QED) is 0.929. The second-order valence-electron chi connectivity index (χ2n) is 4.07. The van der Waals surface area contributed by atoms with E-state index in [0.29, 0.717) is 16.8 Å². The molecule has 3 nitrogen and oxygen atoms in total. The molecule has 0 unspecified atom stereocenters. The van der Waals surface area contributed by atoms with Gasteiger partial charge in [0.25, 0.3) is 0 Å². The van der Waals surface area contributed by atoms with E-state index >= 15 is 0 Å². The van der Waals surface area contributed by atoms with Crippen molar-refractivity contribution in [2.45, 2.75) is 6.54 Å². The summed E-state index contributed by atoms with van der Waals surface area (Å²) in [6.45, 7) is 0.168. The number of nitrogens with one attached hydrogen (secondary N) is 1. The second kappa shape index (κ2) is 5.81. The van der Waals surface area contributed by atoms with E-state index in [9.17, 15) is 8.78 Å². The Morgan fingerprint density at radius 2 is 1.55 bits per heavy atom. The number of rotatable bonds is 3. The first-order valence-corrected chi connectivity index (χ1v) is 5.76. The molecule has 1 N–H and O–H groups in total. The molecule has 0 saturated carbocycles. The van der Waals surface area contributed by atoms with Gasteiger partial charge in [0.15, 0.2) is 0 Å². The third kappa shape index (κ3) is 2.90. The normalized spacial score (nSPS) is 9.60. The van der Waals surface area contributed by atoms with Gasteiger partial charge in [0.05, 0.1) is 22.9 Å². The Kier molecular flexibility index (Phi) is 3.93. The summed E-state index contributed by atoms with van der Waals surface area (Å²) in [5, 5.41) is 20.8. The predicted octanol–water partition coefficient (Wildman–Crippen LogP) is 3.32. The number of halogens is 2. The number of hydrogen-bond donors (Lipinski definition) is 1. The molecule has 2 rings (SSSR count). The van der Waals surface area contributed by atoms with Crippen LogP contribution < -0.4 is 5.32 Å². The molecular formula is C15H9F2N3. The number of nitriles is 2. The van der Waals surface area contributed by atoms with Gasteiger partial charge in [-0.1, -0.05) is 0 Å². The molecule has 0 heterocycles. The maximum atomic E-state index is 13.2. The maximum Gasteiger partial charge on any atom is 0.124 e. The van der Waals surface area contributed by atoms with E-state index in [4.69, 9.17) is 10.5 Å². The van der Waals surface area contributed by atoms with Gasteiger partial charge in [0.2, 0.25) is 0 Å². The smallest absolute Gasteiger partial charge is 0.124 e. The first kappa shape index (κ1) is 13.5. The molecule has 0 aliphatic carbocycles. The minimum absolute atomic E-state index is 0.153. The van der Waals surface area contributed by atoms with E-state index in [0.717, 1.165) is 6.07 Å². The van der Waals surface area contributed by atoms with Crippen LogP contribution in [0.15, 0.2) is 36.4 Å². The van der Waals surface area contributed by atoms with Crippen molar-refractivity contribution in [3.63, 3.8) is 0 Å². The van der Waals surface area contributed by atoms with Gasteiger partial charge in [-0.05, 0) is 42.0 Å². The van der Waals surface area contributed by atoms with Gasteiger partial charge >= 0.3 is 0 Å². The maximum absolute atomic E-state index is 13.2. The molecule has 0 fully saturated rings. The summed E-state index contributed by atoms with van der Waals surface area (Å²) in [5.74, 6) is -0.948. The van der Waals surface area contributed by atoms with Crippen LogP contribution >= 0.6 is 0 Å².